The van der Waals surface area contributed by atoms with Gasteiger partial charge in [0.2, 0.25) is 5.78 Å². The summed E-state index contributed by atoms with van der Waals surface area (Å²) in [5.74, 6) is -4.71. The molecule has 10 heteroatoms. The molecule has 10 nitrogen and oxygen atoms in total. The summed E-state index contributed by atoms with van der Waals surface area (Å²) in [5, 5.41) is 44.5. The van der Waals surface area contributed by atoms with E-state index in [0.29, 0.717) is 28.5 Å². The molecule has 6 N–H and O–H groups in total. The number of ketones is 2. The molecular weight excluding hydrogens is 554 g/mol. The first-order valence-corrected chi connectivity index (χ1v) is 14.6. The second-order valence-corrected chi connectivity index (χ2v) is 12.3. The summed E-state index contributed by atoms with van der Waals surface area (Å²) in [5.41, 5.74) is 3.78. The van der Waals surface area contributed by atoms with Gasteiger partial charge in [0.25, 0.3) is 5.91 Å². The van der Waals surface area contributed by atoms with E-state index in [2.05, 4.69) is 6.92 Å². The third kappa shape index (κ3) is 4.47. The Bertz CT molecular complexity index is 1610. The fraction of sp³-hybridized carbons (Fsp3) is 0.424. The third-order valence-electron chi connectivity index (χ3n) is 9.68. The lowest BCUT2D eigenvalue weighted by Gasteiger charge is -2.46. The molecule has 4 aliphatic carbocycles. The number of rotatable bonds is 5. The maximum Gasteiger partial charge on any atom is 0.255 e. The van der Waals surface area contributed by atoms with Gasteiger partial charge in [-0.1, -0.05) is 19.1 Å². The molecule has 6 rings (SSSR count). The molecule has 2 saturated carbocycles. The average molecular weight is 590 g/mol. The fourth-order valence-electron chi connectivity index (χ4n) is 7.36. The van der Waals surface area contributed by atoms with Crippen LogP contribution in [0.1, 0.15) is 56.6 Å². The number of carbonyl (C=O) groups is 3. The number of nitrogens with two attached hydrogens (primary N) is 1. The molecule has 1 amide bonds. The van der Waals surface area contributed by atoms with Gasteiger partial charge in [0, 0.05) is 17.9 Å². The average Bonchev–Trinajstić information content (AvgIpc) is 2.96. The number of hydrogen-bond acceptors (Lipinski definition) is 9. The van der Waals surface area contributed by atoms with Crippen LogP contribution in [-0.2, 0) is 20.8 Å². The topological polar surface area (TPSA) is 177 Å². The van der Waals surface area contributed by atoms with Crippen LogP contribution in [0.4, 0.5) is 0 Å². The van der Waals surface area contributed by atoms with Crippen molar-refractivity contribution in [1.29, 1.82) is 0 Å². The van der Waals surface area contributed by atoms with Gasteiger partial charge in [0.15, 0.2) is 22.9 Å². The number of phenols is 1. The second-order valence-electron chi connectivity index (χ2n) is 12.3. The molecule has 43 heavy (non-hydrogen) atoms. The standard InChI is InChI=1S/C33H35NO9/c1-15-3-6-19(7-4-15)43-25-13-16(5-10-24(25)42-2)20-8-9-22(35)27-21(20)12-17-11-18-14-23(36)28(32(34)40)31(39)33(18,41)30(38)26(17)29(27)37/h5,8-10,13,15,17-19,35,37,39,41H,3-4,6-7,11-12,14H2,1-2H3,(H2,34,40)/t15?,17-,18+,19?,33+/m0/s1. The molecule has 0 aliphatic heterocycles. The fourth-order valence-corrected chi connectivity index (χ4v) is 7.36. The molecule has 0 radical (unpaired) electrons. The number of methoxy groups -OCH3 is 1. The van der Waals surface area contributed by atoms with Gasteiger partial charge in [-0.3, -0.25) is 14.4 Å². The smallest absolute Gasteiger partial charge is 0.255 e. The van der Waals surface area contributed by atoms with Crippen molar-refractivity contribution >= 4 is 23.2 Å². The minimum atomic E-state index is -2.60. The molecule has 0 unspecified atom stereocenters. The van der Waals surface area contributed by atoms with Crippen LogP contribution in [-0.4, -0.2) is 56.7 Å². The van der Waals surface area contributed by atoms with E-state index in [0.717, 1.165) is 31.2 Å². The minimum absolute atomic E-state index is 0.0455. The van der Waals surface area contributed by atoms with Crippen LogP contribution in [0.2, 0.25) is 0 Å². The van der Waals surface area contributed by atoms with Gasteiger partial charge in [0.05, 0.1) is 18.8 Å². The maximum absolute atomic E-state index is 13.8. The lowest BCUT2D eigenvalue weighted by molar-refractivity contribution is -0.147. The Hall–Kier alpha value is -4.31. The minimum Gasteiger partial charge on any atom is -0.508 e. The number of primary amides is 1. The van der Waals surface area contributed by atoms with Gasteiger partial charge < -0.3 is 35.6 Å². The van der Waals surface area contributed by atoms with Gasteiger partial charge in [-0.05, 0) is 85.3 Å². The number of aliphatic hydroxyl groups is 3. The van der Waals surface area contributed by atoms with E-state index in [1.54, 1.807) is 13.2 Å². The first kappa shape index (κ1) is 28.8. The van der Waals surface area contributed by atoms with Gasteiger partial charge in [0.1, 0.15) is 22.8 Å². The molecule has 3 atom stereocenters. The molecule has 4 aliphatic rings. The number of Topliss-reactive ketones (excluding diaryl/α,β-unsaturated/α-hetero) is 2. The molecule has 0 saturated heterocycles. The van der Waals surface area contributed by atoms with E-state index in [1.165, 1.54) is 6.07 Å². The monoisotopic (exact) mass is 589 g/mol. The van der Waals surface area contributed by atoms with E-state index in [9.17, 15) is 34.8 Å². The molecule has 226 valence electrons. The molecule has 0 bridgehead atoms. The number of benzene rings is 2. The van der Waals surface area contributed by atoms with E-state index in [-0.39, 0.29) is 42.3 Å². The van der Waals surface area contributed by atoms with Crippen molar-refractivity contribution in [3.63, 3.8) is 0 Å². The Morgan fingerprint density at radius 3 is 2.40 bits per heavy atom. The molecule has 2 aromatic rings. The number of fused-ring (bicyclic) bond motifs is 3. The normalized spacial score (nSPS) is 28.6. The summed E-state index contributed by atoms with van der Waals surface area (Å²) in [6.07, 6.45) is 4.04. The number of aliphatic hydroxyl groups excluding tert-OH is 2. The summed E-state index contributed by atoms with van der Waals surface area (Å²) < 4.78 is 12.0. The van der Waals surface area contributed by atoms with Crippen molar-refractivity contribution < 1.29 is 44.3 Å². The summed E-state index contributed by atoms with van der Waals surface area (Å²) in [4.78, 5) is 38.3. The summed E-state index contributed by atoms with van der Waals surface area (Å²) in [6, 6.07) is 8.70. The van der Waals surface area contributed by atoms with Crippen molar-refractivity contribution in [1.82, 2.24) is 0 Å². The van der Waals surface area contributed by atoms with Crippen molar-refractivity contribution in [2.45, 2.75) is 63.6 Å². The van der Waals surface area contributed by atoms with Gasteiger partial charge in [-0.15, -0.1) is 0 Å². The highest BCUT2D eigenvalue weighted by molar-refractivity contribution is 6.22. The Labute approximate surface area is 248 Å². The van der Waals surface area contributed by atoms with Gasteiger partial charge in [-0.2, -0.15) is 0 Å². The number of ether oxygens (including phenoxy) is 2. The molecule has 0 spiro atoms. The number of hydrogen-bond donors (Lipinski definition) is 5. The number of aromatic hydroxyl groups is 1. The molecule has 2 aromatic carbocycles. The number of amides is 1. The van der Waals surface area contributed by atoms with Crippen LogP contribution in [0.25, 0.3) is 16.9 Å². The Morgan fingerprint density at radius 2 is 1.72 bits per heavy atom. The Balaban J connectivity index is 1.43. The lowest BCUT2D eigenvalue weighted by Crippen LogP contribution is -2.58. The predicted octanol–water partition coefficient (Wildman–Crippen LogP) is 4.06. The number of carbonyl (C=O) groups excluding carboxylic acids is 3. The lowest BCUT2D eigenvalue weighted by atomic mass is 9.59. The van der Waals surface area contributed by atoms with Crippen LogP contribution in [0.15, 0.2) is 47.2 Å². The first-order chi connectivity index (χ1) is 20.4. The molecule has 2 fully saturated rings. The van der Waals surface area contributed by atoms with Crippen LogP contribution < -0.4 is 15.2 Å². The SMILES string of the molecule is COc1ccc(-c2ccc(O)c3c2C[C@@H]2C[C@@H]4CC(=O)C(C(N)=O)=C(O)[C@]4(O)C(=O)C2=C3O)cc1OC1CCC(C)CC1. The second kappa shape index (κ2) is 10.4. The highest BCUT2D eigenvalue weighted by Gasteiger charge is 2.60. The van der Waals surface area contributed by atoms with Crippen molar-refractivity contribution in [3.05, 3.63) is 58.4 Å². The number of phenolic OH excluding ortho intramolecular Hbond substituents is 1. The van der Waals surface area contributed by atoms with Crippen LogP contribution >= 0.6 is 0 Å². The summed E-state index contributed by atoms with van der Waals surface area (Å²) in [6.45, 7) is 2.24. The summed E-state index contributed by atoms with van der Waals surface area (Å²) in [7, 11) is 1.58. The third-order valence-corrected chi connectivity index (χ3v) is 9.68. The van der Waals surface area contributed by atoms with Crippen molar-refractivity contribution in [2.75, 3.05) is 7.11 Å². The van der Waals surface area contributed by atoms with E-state index in [4.69, 9.17) is 15.2 Å². The maximum atomic E-state index is 13.8. The Morgan fingerprint density at radius 1 is 1.00 bits per heavy atom. The van der Waals surface area contributed by atoms with Crippen molar-refractivity contribution in [2.24, 2.45) is 23.5 Å². The van der Waals surface area contributed by atoms with E-state index >= 15 is 0 Å². The van der Waals surface area contributed by atoms with Crippen LogP contribution in [0.5, 0.6) is 17.2 Å². The molecular formula is C33H35NO9. The highest BCUT2D eigenvalue weighted by Crippen LogP contribution is 2.53. The Kier molecular flexibility index (Phi) is 7.00. The molecule has 0 aromatic heterocycles. The first-order valence-electron chi connectivity index (χ1n) is 14.6. The van der Waals surface area contributed by atoms with E-state index < -0.39 is 52.0 Å². The molecule has 0 heterocycles. The van der Waals surface area contributed by atoms with Crippen molar-refractivity contribution in [3.8, 4) is 28.4 Å². The zero-order valence-corrected chi connectivity index (χ0v) is 24.1. The largest absolute Gasteiger partial charge is 0.508 e. The predicted molar refractivity (Wildman–Crippen MR) is 155 cm³/mol. The zero-order chi connectivity index (χ0) is 30.8. The highest BCUT2D eigenvalue weighted by atomic mass is 16.5. The van der Waals surface area contributed by atoms with Gasteiger partial charge >= 0.3 is 0 Å². The quantitative estimate of drug-likeness (QED) is 0.322. The van der Waals surface area contributed by atoms with E-state index in [1.807, 2.05) is 18.2 Å². The zero-order valence-electron chi connectivity index (χ0n) is 24.1. The van der Waals surface area contributed by atoms with Crippen LogP contribution in [0, 0.1) is 17.8 Å². The van der Waals surface area contributed by atoms with Gasteiger partial charge in [-0.25, -0.2) is 0 Å². The van der Waals surface area contributed by atoms with Crippen LogP contribution in [0.3, 0.4) is 0 Å². The summed E-state index contributed by atoms with van der Waals surface area (Å²) >= 11 is 0.